The molecule has 1 aliphatic rings. The largest absolute Gasteiger partial charge is 0.424 e. The van der Waals surface area contributed by atoms with Gasteiger partial charge in [-0.25, -0.2) is 13.2 Å². The summed E-state index contributed by atoms with van der Waals surface area (Å²) in [5, 5.41) is 0. The molecule has 0 heterocycles. The molecule has 2 rings (SSSR count). The number of hydrogen-bond acceptors (Lipinski definition) is 2. The van der Waals surface area contributed by atoms with Crippen molar-refractivity contribution in [3.8, 4) is 0 Å². The Bertz CT molecular complexity index is 707. The molecule has 25 heavy (non-hydrogen) atoms. The maximum atomic E-state index is 13.8. The van der Waals surface area contributed by atoms with Crippen molar-refractivity contribution in [2.45, 2.75) is 24.8 Å². The number of esters is 1. The topological polar surface area (TPSA) is 26.3 Å². The highest BCUT2D eigenvalue weighted by molar-refractivity contribution is 6.55. The van der Waals surface area contributed by atoms with Crippen LogP contribution in [0.1, 0.15) is 25.8 Å². The van der Waals surface area contributed by atoms with E-state index in [9.17, 15) is 18.0 Å². The van der Waals surface area contributed by atoms with Crippen LogP contribution < -0.4 is 0 Å². The van der Waals surface area contributed by atoms with Crippen molar-refractivity contribution < 1.29 is 22.7 Å². The highest BCUT2D eigenvalue weighted by Crippen LogP contribution is 2.54. The minimum absolute atomic E-state index is 0.0735. The molecule has 0 saturated heterocycles. The molecule has 1 aromatic carbocycles. The molecule has 0 amide bonds. The normalized spacial score (nSPS) is 22.1. The Morgan fingerprint density at radius 3 is 2.20 bits per heavy atom. The van der Waals surface area contributed by atoms with Crippen LogP contribution in [0.3, 0.4) is 0 Å². The van der Waals surface area contributed by atoms with Crippen molar-refractivity contribution >= 4 is 52.4 Å². The third kappa shape index (κ3) is 4.21. The van der Waals surface area contributed by atoms with Crippen molar-refractivity contribution in [3.05, 3.63) is 45.7 Å². The summed E-state index contributed by atoms with van der Waals surface area (Å²) in [6.07, 6.45) is 1.95. The first kappa shape index (κ1) is 20.7. The highest BCUT2D eigenvalue weighted by Gasteiger charge is 2.53. The van der Waals surface area contributed by atoms with Gasteiger partial charge in [-0.3, -0.25) is 4.79 Å². The number of halogens is 7. The lowest BCUT2D eigenvalue weighted by molar-refractivity contribution is -0.167. The molecule has 2 atom stereocenters. The number of alkyl halides is 2. The van der Waals surface area contributed by atoms with E-state index in [-0.39, 0.29) is 10.4 Å². The van der Waals surface area contributed by atoms with Crippen molar-refractivity contribution in [2.75, 3.05) is 0 Å². The van der Waals surface area contributed by atoms with Gasteiger partial charge in [-0.15, -0.1) is 0 Å². The summed E-state index contributed by atoms with van der Waals surface area (Å²) in [5.74, 6) is -5.44. The number of carbonyl (C=O) groups excluding carboxylic acids is 1. The van der Waals surface area contributed by atoms with E-state index in [0.717, 1.165) is 0 Å². The number of ether oxygens (including phenoxy) is 1. The molecule has 1 aromatic rings. The molecule has 0 bridgehead atoms. The second-order valence-electron chi connectivity index (χ2n) is 6.35. The first-order valence-corrected chi connectivity index (χ1v) is 8.66. The number of allylic oxidation sites excluding steroid dienone is 1. The molecule has 1 saturated carbocycles. The third-order valence-electron chi connectivity index (χ3n) is 4.48. The van der Waals surface area contributed by atoms with E-state index in [1.165, 1.54) is 0 Å². The summed E-state index contributed by atoms with van der Waals surface area (Å²) < 4.78 is 43.0. The summed E-state index contributed by atoms with van der Waals surface area (Å²) >= 11 is 22.9. The molecular weight excluding hydrogens is 423 g/mol. The predicted octanol–water partition coefficient (Wildman–Crippen LogP) is 6.22. The molecule has 9 heteroatoms. The SMILES string of the molecule is CC1(C)C(C=C(Cl)Cl)CC1C(=O)OC(Cl)(Cl)c1c(F)cc(F)cc1F. The van der Waals surface area contributed by atoms with Crippen LogP contribution in [0.15, 0.2) is 22.7 Å². The molecule has 0 radical (unpaired) electrons. The van der Waals surface area contributed by atoms with Crippen LogP contribution in [0.5, 0.6) is 0 Å². The molecule has 0 spiro atoms. The first-order chi connectivity index (χ1) is 11.4. The van der Waals surface area contributed by atoms with Gasteiger partial charge in [0.05, 0.1) is 11.5 Å². The Kier molecular flexibility index (Phi) is 5.94. The summed E-state index contributed by atoms with van der Waals surface area (Å²) in [6.45, 7) is 3.56. The second-order valence-corrected chi connectivity index (χ2v) is 8.62. The Morgan fingerprint density at radius 2 is 1.76 bits per heavy atom. The molecule has 1 fully saturated rings. The summed E-state index contributed by atoms with van der Waals surface area (Å²) in [4.78, 5) is 12.4. The van der Waals surface area contributed by atoms with E-state index in [0.29, 0.717) is 18.6 Å². The average Bonchev–Trinajstić information content (AvgIpc) is 2.40. The van der Waals surface area contributed by atoms with E-state index < -0.39 is 44.8 Å². The number of benzene rings is 1. The van der Waals surface area contributed by atoms with Crippen molar-refractivity contribution in [3.63, 3.8) is 0 Å². The van der Waals surface area contributed by atoms with Crippen LogP contribution in [0.2, 0.25) is 0 Å². The van der Waals surface area contributed by atoms with Crippen LogP contribution in [0.25, 0.3) is 0 Å². The number of rotatable bonds is 4. The lowest BCUT2D eigenvalue weighted by Crippen LogP contribution is -2.49. The van der Waals surface area contributed by atoms with Crippen molar-refractivity contribution in [1.82, 2.24) is 0 Å². The van der Waals surface area contributed by atoms with Gasteiger partial charge in [0.1, 0.15) is 21.9 Å². The second kappa shape index (κ2) is 7.18. The van der Waals surface area contributed by atoms with Gasteiger partial charge in [0.2, 0.25) is 0 Å². The minimum Gasteiger partial charge on any atom is -0.424 e. The van der Waals surface area contributed by atoms with Gasteiger partial charge in [0.25, 0.3) is 4.52 Å². The third-order valence-corrected chi connectivity index (χ3v) is 5.27. The molecule has 0 N–H and O–H groups in total. The zero-order valence-corrected chi connectivity index (χ0v) is 16.1. The van der Waals surface area contributed by atoms with Crippen LogP contribution in [-0.4, -0.2) is 5.97 Å². The van der Waals surface area contributed by atoms with Crippen LogP contribution >= 0.6 is 46.4 Å². The standard InChI is InChI=1S/C16H13Cl4F3O2/c1-15(2)7(4-12(17)18)3-9(15)14(24)25-16(19,20)13-10(22)5-8(21)6-11(13)23/h4-7,9H,3H2,1-2H3. The minimum atomic E-state index is -2.64. The fourth-order valence-corrected chi connectivity index (χ4v) is 3.68. The van der Waals surface area contributed by atoms with Crippen LogP contribution in [0, 0.1) is 34.7 Å². The zero-order chi connectivity index (χ0) is 19.2. The van der Waals surface area contributed by atoms with Crippen LogP contribution in [-0.2, 0) is 14.1 Å². The first-order valence-electron chi connectivity index (χ1n) is 7.14. The van der Waals surface area contributed by atoms with E-state index >= 15 is 0 Å². The molecule has 2 unspecified atom stereocenters. The van der Waals surface area contributed by atoms with Gasteiger partial charge in [0, 0.05) is 12.1 Å². The van der Waals surface area contributed by atoms with Crippen molar-refractivity contribution in [2.24, 2.45) is 17.3 Å². The Morgan fingerprint density at radius 1 is 1.24 bits per heavy atom. The molecule has 1 aliphatic carbocycles. The average molecular weight is 436 g/mol. The monoisotopic (exact) mass is 434 g/mol. The highest BCUT2D eigenvalue weighted by atomic mass is 35.5. The maximum absolute atomic E-state index is 13.8. The van der Waals surface area contributed by atoms with Gasteiger partial charge in [-0.05, 0) is 17.8 Å². The zero-order valence-electron chi connectivity index (χ0n) is 13.1. The lowest BCUT2D eigenvalue weighted by atomic mass is 9.55. The molecule has 2 nitrogen and oxygen atoms in total. The quantitative estimate of drug-likeness (QED) is 0.414. The van der Waals surface area contributed by atoms with Crippen molar-refractivity contribution in [1.29, 1.82) is 0 Å². The Balaban J connectivity index is 2.20. The van der Waals surface area contributed by atoms with Crippen LogP contribution in [0.4, 0.5) is 13.2 Å². The van der Waals surface area contributed by atoms with Gasteiger partial charge in [0.15, 0.2) is 0 Å². The number of carbonyl (C=O) groups is 1. The molecule has 138 valence electrons. The smallest absolute Gasteiger partial charge is 0.312 e. The Labute approximate surface area is 162 Å². The van der Waals surface area contributed by atoms with E-state index in [1.807, 2.05) is 0 Å². The fourth-order valence-electron chi connectivity index (χ4n) is 2.86. The lowest BCUT2D eigenvalue weighted by Gasteiger charge is -2.49. The molecule has 0 aromatic heterocycles. The fraction of sp³-hybridized carbons (Fsp3) is 0.438. The Hall–Kier alpha value is -0.620. The summed E-state index contributed by atoms with van der Waals surface area (Å²) in [7, 11) is 0. The number of hydrogen-bond donors (Lipinski definition) is 0. The summed E-state index contributed by atoms with van der Waals surface area (Å²) in [6, 6.07) is 0.782. The maximum Gasteiger partial charge on any atom is 0.312 e. The summed E-state index contributed by atoms with van der Waals surface area (Å²) in [5.41, 5.74) is -1.53. The van der Waals surface area contributed by atoms with Gasteiger partial charge < -0.3 is 4.74 Å². The van der Waals surface area contributed by atoms with Gasteiger partial charge >= 0.3 is 5.97 Å². The van der Waals surface area contributed by atoms with Gasteiger partial charge in [-0.2, -0.15) is 0 Å². The van der Waals surface area contributed by atoms with E-state index in [4.69, 9.17) is 51.1 Å². The molecule has 0 aliphatic heterocycles. The van der Waals surface area contributed by atoms with E-state index in [2.05, 4.69) is 0 Å². The molecular formula is C16H13Cl4F3O2. The predicted molar refractivity (Wildman–Crippen MR) is 91.0 cm³/mol. The van der Waals surface area contributed by atoms with Gasteiger partial charge in [-0.1, -0.05) is 66.3 Å². The van der Waals surface area contributed by atoms with E-state index in [1.54, 1.807) is 19.9 Å².